The third kappa shape index (κ3) is 8.70. The van der Waals surface area contributed by atoms with Gasteiger partial charge in [-0.1, -0.05) is 31.9 Å². The standard InChI is InChI=1S/C29H44N4O5/c1-21-19-22-7-6-10-24(20-22)38-16-5-4-11-25(28(35)30-23-8-2-3-9-23)32-29(36)26(31-27(21)34)12-13-33-14-17-37-18-15-33/h6-7,10,20-21,23,25-26H,2-5,8-9,11-19H2,1H3,(H,30,35)(H,31,34)(H,32,36)/t21-,25-,26-/m0/s1. The van der Waals surface area contributed by atoms with E-state index in [-0.39, 0.29) is 29.7 Å². The summed E-state index contributed by atoms with van der Waals surface area (Å²) in [6, 6.07) is 6.67. The molecule has 9 nitrogen and oxygen atoms in total. The van der Waals surface area contributed by atoms with Crippen molar-refractivity contribution in [2.45, 2.75) is 82.8 Å². The van der Waals surface area contributed by atoms with Gasteiger partial charge in [0.15, 0.2) is 0 Å². The summed E-state index contributed by atoms with van der Waals surface area (Å²) < 4.78 is 11.4. The van der Waals surface area contributed by atoms with Crippen LogP contribution in [0.4, 0.5) is 0 Å². The van der Waals surface area contributed by atoms with Crippen LogP contribution in [0.15, 0.2) is 24.3 Å². The normalized spacial score (nSPS) is 26.7. The van der Waals surface area contributed by atoms with Crippen molar-refractivity contribution in [2.75, 3.05) is 39.5 Å². The summed E-state index contributed by atoms with van der Waals surface area (Å²) >= 11 is 0. The van der Waals surface area contributed by atoms with Crippen molar-refractivity contribution >= 4 is 17.7 Å². The highest BCUT2D eigenvalue weighted by atomic mass is 16.5. The smallest absolute Gasteiger partial charge is 0.243 e. The number of hydrogen-bond acceptors (Lipinski definition) is 6. The molecule has 2 bridgehead atoms. The zero-order valence-corrected chi connectivity index (χ0v) is 22.7. The molecule has 38 heavy (non-hydrogen) atoms. The Morgan fingerprint density at radius 2 is 1.76 bits per heavy atom. The lowest BCUT2D eigenvalue weighted by Gasteiger charge is -2.29. The van der Waals surface area contributed by atoms with Gasteiger partial charge in [0.05, 0.1) is 19.8 Å². The average molecular weight is 529 g/mol. The summed E-state index contributed by atoms with van der Waals surface area (Å²) in [6.45, 7) is 6.05. The van der Waals surface area contributed by atoms with E-state index in [0.29, 0.717) is 45.6 Å². The Hall–Kier alpha value is -2.65. The molecule has 1 aliphatic carbocycles. The van der Waals surface area contributed by atoms with Crippen LogP contribution in [0.5, 0.6) is 5.75 Å². The number of amides is 3. The van der Waals surface area contributed by atoms with E-state index < -0.39 is 12.1 Å². The lowest BCUT2D eigenvalue weighted by molar-refractivity contribution is -0.133. The molecule has 9 heteroatoms. The minimum Gasteiger partial charge on any atom is -0.494 e. The Morgan fingerprint density at radius 3 is 2.55 bits per heavy atom. The van der Waals surface area contributed by atoms with Gasteiger partial charge in [0.25, 0.3) is 0 Å². The van der Waals surface area contributed by atoms with Crippen molar-refractivity contribution in [3.8, 4) is 5.75 Å². The molecule has 2 aliphatic heterocycles. The van der Waals surface area contributed by atoms with E-state index in [0.717, 1.165) is 62.9 Å². The van der Waals surface area contributed by atoms with Crippen LogP contribution in [0.25, 0.3) is 0 Å². The van der Waals surface area contributed by atoms with E-state index in [1.165, 1.54) is 0 Å². The minimum absolute atomic E-state index is 0.133. The number of nitrogens with zero attached hydrogens (tertiary/aromatic N) is 1. The average Bonchev–Trinajstić information content (AvgIpc) is 3.43. The highest BCUT2D eigenvalue weighted by molar-refractivity contribution is 5.92. The molecule has 1 saturated carbocycles. The largest absolute Gasteiger partial charge is 0.494 e. The van der Waals surface area contributed by atoms with Gasteiger partial charge in [-0.3, -0.25) is 19.3 Å². The molecule has 3 aliphatic rings. The van der Waals surface area contributed by atoms with Gasteiger partial charge < -0.3 is 25.4 Å². The summed E-state index contributed by atoms with van der Waals surface area (Å²) in [6.07, 6.45) is 7.27. The minimum atomic E-state index is -0.711. The quantitative estimate of drug-likeness (QED) is 0.541. The Labute approximate surface area is 226 Å². The second kappa shape index (κ2) is 14.5. The molecule has 3 amide bonds. The van der Waals surface area contributed by atoms with Gasteiger partial charge in [0, 0.05) is 31.6 Å². The number of nitrogens with one attached hydrogen (secondary N) is 3. The van der Waals surface area contributed by atoms with Crippen LogP contribution < -0.4 is 20.7 Å². The lowest BCUT2D eigenvalue weighted by Crippen LogP contribution is -2.56. The molecule has 1 aromatic rings. The zero-order chi connectivity index (χ0) is 26.7. The van der Waals surface area contributed by atoms with E-state index in [4.69, 9.17) is 9.47 Å². The second-order valence-electron chi connectivity index (χ2n) is 11.0. The number of carbonyl (C=O) groups excluding carboxylic acids is 3. The van der Waals surface area contributed by atoms with Crippen LogP contribution in [-0.2, 0) is 25.5 Å². The summed E-state index contributed by atoms with van der Waals surface area (Å²) in [5.74, 6) is -0.132. The summed E-state index contributed by atoms with van der Waals surface area (Å²) in [7, 11) is 0. The predicted molar refractivity (Wildman–Crippen MR) is 145 cm³/mol. The van der Waals surface area contributed by atoms with E-state index in [2.05, 4.69) is 20.9 Å². The van der Waals surface area contributed by atoms with E-state index in [1.807, 2.05) is 31.2 Å². The first-order valence-corrected chi connectivity index (χ1v) is 14.4. The Kier molecular flexibility index (Phi) is 10.8. The predicted octanol–water partition coefficient (Wildman–Crippen LogP) is 2.18. The van der Waals surface area contributed by atoms with Crippen LogP contribution in [-0.4, -0.2) is 80.2 Å². The molecule has 0 aromatic heterocycles. The van der Waals surface area contributed by atoms with E-state index in [9.17, 15) is 14.4 Å². The fraction of sp³-hybridized carbons (Fsp3) is 0.690. The number of ether oxygens (including phenoxy) is 2. The molecule has 210 valence electrons. The third-order valence-electron chi connectivity index (χ3n) is 7.85. The van der Waals surface area contributed by atoms with Crippen molar-refractivity contribution < 1.29 is 23.9 Å². The number of benzene rings is 1. The Morgan fingerprint density at radius 1 is 1.00 bits per heavy atom. The number of morpholine rings is 1. The molecule has 0 unspecified atom stereocenters. The Bertz CT molecular complexity index is 929. The summed E-state index contributed by atoms with van der Waals surface area (Å²) in [5, 5.41) is 9.15. The number of fused-ring (bicyclic) bond motifs is 2. The summed E-state index contributed by atoms with van der Waals surface area (Å²) in [5.41, 5.74) is 1.02. The first-order chi connectivity index (χ1) is 18.5. The molecule has 3 N–H and O–H groups in total. The van der Waals surface area contributed by atoms with Crippen molar-refractivity contribution in [1.29, 1.82) is 0 Å². The highest BCUT2D eigenvalue weighted by Gasteiger charge is 2.30. The number of hydrogen-bond donors (Lipinski definition) is 3. The van der Waals surface area contributed by atoms with Crippen LogP contribution in [0.3, 0.4) is 0 Å². The molecular formula is C29H44N4O5. The van der Waals surface area contributed by atoms with Gasteiger partial charge >= 0.3 is 0 Å². The van der Waals surface area contributed by atoms with Crippen LogP contribution in [0.1, 0.15) is 63.9 Å². The fourth-order valence-electron chi connectivity index (χ4n) is 5.48. The Balaban J connectivity index is 1.49. The van der Waals surface area contributed by atoms with Crippen LogP contribution >= 0.6 is 0 Å². The third-order valence-corrected chi connectivity index (χ3v) is 7.85. The van der Waals surface area contributed by atoms with Crippen LogP contribution in [0.2, 0.25) is 0 Å². The molecule has 2 heterocycles. The maximum atomic E-state index is 13.6. The van der Waals surface area contributed by atoms with Gasteiger partial charge in [-0.25, -0.2) is 0 Å². The van der Waals surface area contributed by atoms with Crippen LogP contribution in [0, 0.1) is 5.92 Å². The van der Waals surface area contributed by atoms with E-state index >= 15 is 0 Å². The molecule has 1 saturated heterocycles. The van der Waals surface area contributed by atoms with Crippen molar-refractivity contribution in [2.24, 2.45) is 5.92 Å². The first kappa shape index (κ1) is 28.4. The summed E-state index contributed by atoms with van der Waals surface area (Å²) in [4.78, 5) is 42.2. The molecule has 3 atom stereocenters. The first-order valence-electron chi connectivity index (χ1n) is 14.4. The molecule has 4 rings (SSSR count). The number of rotatable bonds is 5. The SMILES string of the molecule is C[C@H]1Cc2cccc(c2)OCCCC[C@@H](C(=O)NC2CCCC2)NC(=O)[C@H](CCN2CCOCC2)NC1=O. The molecule has 2 fully saturated rings. The number of carbonyl (C=O) groups is 3. The molecule has 1 aromatic carbocycles. The molecular weight excluding hydrogens is 484 g/mol. The highest BCUT2D eigenvalue weighted by Crippen LogP contribution is 2.19. The lowest BCUT2D eigenvalue weighted by atomic mass is 9.99. The van der Waals surface area contributed by atoms with E-state index in [1.54, 1.807) is 0 Å². The van der Waals surface area contributed by atoms with Crippen molar-refractivity contribution in [3.05, 3.63) is 29.8 Å². The zero-order valence-electron chi connectivity index (χ0n) is 22.7. The monoisotopic (exact) mass is 528 g/mol. The van der Waals surface area contributed by atoms with Gasteiger partial charge in [-0.15, -0.1) is 0 Å². The van der Waals surface area contributed by atoms with Crippen molar-refractivity contribution in [3.63, 3.8) is 0 Å². The van der Waals surface area contributed by atoms with Gasteiger partial charge in [-0.2, -0.15) is 0 Å². The van der Waals surface area contributed by atoms with Gasteiger partial charge in [0.2, 0.25) is 17.7 Å². The fourth-order valence-corrected chi connectivity index (χ4v) is 5.48. The van der Waals surface area contributed by atoms with Gasteiger partial charge in [-0.05, 0) is 62.6 Å². The molecule has 0 spiro atoms. The second-order valence-corrected chi connectivity index (χ2v) is 11.0. The topological polar surface area (TPSA) is 109 Å². The maximum absolute atomic E-state index is 13.6. The molecule has 0 radical (unpaired) electrons. The van der Waals surface area contributed by atoms with Crippen molar-refractivity contribution in [1.82, 2.24) is 20.9 Å². The maximum Gasteiger partial charge on any atom is 0.243 e. The van der Waals surface area contributed by atoms with Gasteiger partial charge in [0.1, 0.15) is 17.8 Å².